The lowest BCUT2D eigenvalue weighted by atomic mass is 10.1. The molecule has 0 bridgehead atoms. The molecule has 0 fully saturated rings. The van der Waals surface area contributed by atoms with Gasteiger partial charge < -0.3 is 4.74 Å². The fourth-order valence-electron chi connectivity index (χ4n) is 1.69. The molecule has 0 aliphatic carbocycles. The molecule has 0 aliphatic rings. The minimum absolute atomic E-state index is 0.292. The SMILES string of the molecule is Cc1ccc(OCc2ccc(Cl)cc2Cl)c(C=O)c1. The molecule has 98 valence electrons. The van der Waals surface area contributed by atoms with Gasteiger partial charge in [-0.15, -0.1) is 0 Å². The highest BCUT2D eigenvalue weighted by Crippen LogP contribution is 2.24. The molecule has 0 unspecified atom stereocenters. The minimum Gasteiger partial charge on any atom is -0.488 e. The van der Waals surface area contributed by atoms with E-state index in [4.69, 9.17) is 27.9 Å². The van der Waals surface area contributed by atoms with Gasteiger partial charge in [0.05, 0.1) is 5.56 Å². The van der Waals surface area contributed by atoms with Crippen LogP contribution in [0.15, 0.2) is 36.4 Å². The van der Waals surface area contributed by atoms with Crippen molar-refractivity contribution in [2.45, 2.75) is 13.5 Å². The number of aryl methyl sites for hydroxylation is 1. The summed E-state index contributed by atoms with van der Waals surface area (Å²) in [7, 11) is 0. The van der Waals surface area contributed by atoms with Gasteiger partial charge >= 0.3 is 0 Å². The lowest BCUT2D eigenvalue weighted by Crippen LogP contribution is -1.99. The largest absolute Gasteiger partial charge is 0.488 e. The lowest BCUT2D eigenvalue weighted by Gasteiger charge is -2.10. The molecule has 0 amide bonds. The summed E-state index contributed by atoms with van der Waals surface area (Å²) in [5.41, 5.74) is 2.37. The number of hydrogen-bond donors (Lipinski definition) is 0. The summed E-state index contributed by atoms with van der Waals surface area (Å²) in [6.45, 7) is 2.22. The Labute approximate surface area is 121 Å². The molecule has 0 heterocycles. The average molecular weight is 295 g/mol. The summed E-state index contributed by atoms with van der Waals surface area (Å²) in [5.74, 6) is 0.548. The van der Waals surface area contributed by atoms with Crippen LogP contribution in [0, 0.1) is 6.92 Å². The van der Waals surface area contributed by atoms with Crippen molar-refractivity contribution in [2.75, 3.05) is 0 Å². The Balaban J connectivity index is 2.16. The van der Waals surface area contributed by atoms with Gasteiger partial charge in [-0.3, -0.25) is 4.79 Å². The number of benzene rings is 2. The first-order valence-corrected chi connectivity index (χ1v) is 6.48. The van der Waals surface area contributed by atoms with Crippen LogP contribution in [0.2, 0.25) is 10.0 Å². The van der Waals surface area contributed by atoms with Crippen LogP contribution < -0.4 is 4.74 Å². The molecule has 2 nitrogen and oxygen atoms in total. The zero-order valence-corrected chi connectivity index (χ0v) is 11.8. The number of aldehydes is 1. The molecule has 0 N–H and O–H groups in total. The molecule has 2 aromatic carbocycles. The molecule has 0 radical (unpaired) electrons. The van der Waals surface area contributed by atoms with Gasteiger partial charge in [-0.25, -0.2) is 0 Å². The van der Waals surface area contributed by atoms with Crippen molar-refractivity contribution in [3.63, 3.8) is 0 Å². The molecule has 0 aromatic heterocycles. The average Bonchev–Trinajstić information content (AvgIpc) is 2.39. The maximum absolute atomic E-state index is 11.0. The highest BCUT2D eigenvalue weighted by atomic mass is 35.5. The molecule has 4 heteroatoms. The minimum atomic E-state index is 0.292. The van der Waals surface area contributed by atoms with Gasteiger partial charge in [0.2, 0.25) is 0 Å². The molecule has 0 spiro atoms. The number of rotatable bonds is 4. The first-order chi connectivity index (χ1) is 9.10. The van der Waals surface area contributed by atoms with Crippen molar-refractivity contribution < 1.29 is 9.53 Å². The van der Waals surface area contributed by atoms with Crippen LogP contribution in [0.5, 0.6) is 5.75 Å². The topological polar surface area (TPSA) is 26.3 Å². The van der Waals surface area contributed by atoms with E-state index in [2.05, 4.69) is 0 Å². The van der Waals surface area contributed by atoms with E-state index in [0.29, 0.717) is 28.0 Å². The third-order valence-corrected chi connectivity index (χ3v) is 3.28. The first kappa shape index (κ1) is 13.9. The Morgan fingerprint density at radius 2 is 1.95 bits per heavy atom. The second-order valence-electron chi connectivity index (χ2n) is 4.18. The van der Waals surface area contributed by atoms with Crippen molar-refractivity contribution in [3.8, 4) is 5.75 Å². The Morgan fingerprint density at radius 1 is 1.16 bits per heavy atom. The standard InChI is InChI=1S/C15H12Cl2O2/c1-10-2-5-15(12(6-10)8-18)19-9-11-3-4-13(16)7-14(11)17/h2-8H,9H2,1H3. The van der Waals surface area contributed by atoms with E-state index in [9.17, 15) is 4.79 Å². The molecule has 2 rings (SSSR count). The third kappa shape index (κ3) is 3.49. The van der Waals surface area contributed by atoms with E-state index in [0.717, 1.165) is 17.4 Å². The van der Waals surface area contributed by atoms with Crippen molar-refractivity contribution in [3.05, 3.63) is 63.1 Å². The zero-order valence-electron chi connectivity index (χ0n) is 10.3. The van der Waals surface area contributed by atoms with Gasteiger partial charge in [-0.2, -0.15) is 0 Å². The maximum Gasteiger partial charge on any atom is 0.153 e. The van der Waals surface area contributed by atoms with E-state index in [1.807, 2.05) is 13.0 Å². The third-order valence-electron chi connectivity index (χ3n) is 2.69. The molecule has 19 heavy (non-hydrogen) atoms. The van der Waals surface area contributed by atoms with Crippen LogP contribution in [-0.4, -0.2) is 6.29 Å². The molecule has 0 aliphatic heterocycles. The summed E-state index contributed by atoms with van der Waals surface area (Å²) >= 11 is 11.9. The smallest absolute Gasteiger partial charge is 0.153 e. The normalized spacial score (nSPS) is 10.3. The summed E-state index contributed by atoms with van der Waals surface area (Å²) in [5, 5.41) is 1.13. The molecule has 0 saturated heterocycles. The molecule has 0 saturated carbocycles. The Hall–Kier alpha value is -1.51. The summed E-state index contributed by atoms with van der Waals surface area (Å²) in [6, 6.07) is 10.7. The van der Waals surface area contributed by atoms with Gasteiger partial charge in [0, 0.05) is 15.6 Å². The van der Waals surface area contributed by atoms with Crippen LogP contribution in [0.4, 0.5) is 0 Å². The number of carbonyl (C=O) groups is 1. The Kier molecular flexibility index (Phi) is 4.46. The molecule has 0 atom stereocenters. The van der Waals surface area contributed by atoms with Gasteiger partial charge in [-0.1, -0.05) is 40.9 Å². The highest BCUT2D eigenvalue weighted by Gasteiger charge is 2.06. The van der Waals surface area contributed by atoms with Gasteiger partial charge in [0.25, 0.3) is 0 Å². The number of carbonyl (C=O) groups excluding carboxylic acids is 1. The number of ether oxygens (including phenoxy) is 1. The summed E-state index contributed by atoms with van der Waals surface area (Å²) in [4.78, 5) is 11.0. The summed E-state index contributed by atoms with van der Waals surface area (Å²) < 4.78 is 5.63. The van der Waals surface area contributed by atoms with Crippen LogP contribution in [0.1, 0.15) is 21.5 Å². The van der Waals surface area contributed by atoms with Crippen LogP contribution in [0.25, 0.3) is 0 Å². The second-order valence-corrected chi connectivity index (χ2v) is 5.03. The van der Waals surface area contributed by atoms with E-state index in [1.54, 1.807) is 30.3 Å². The van der Waals surface area contributed by atoms with Crippen molar-refractivity contribution in [2.24, 2.45) is 0 Å². The molecule has 2 aromatic rings. The van der Waals surface area contributed by atoms with Crippen LogP contribution in [0.3, 0.4) is 0 Å². The van der Waals surface area contributed by atoms with Crippen molar-refractivity contribution in [1.29, 1.82) is 0 Å². The fourth-order valence-corrected chi connectivity index (χ4v) is 2.15. The zero-order chi connectivity index (χ0) is 13.8. The van der Waals surface area contributed by atoms with Gasteiger partial charge in [0.1, 0.15) is 12.4 Å². The van der Waals surface area contributed by atoms with Gasteiger partial charge in [0.15, 0.2) is 6.29 Å². The molecular weight excluding hydrogens is 283 g/mol. The highest BCUT2D eigenvalue weighted by molar-refractivity contribution is 6.35. The van der Waals surface area contributed by atoms with Crippen LogP contribution in [-0.2, 0) is 6.61 Å². The van der Waals surface area contributed by atoms with E-state index in [-0.39, 0.29) is 0 Å². The quantitative estimate of drug-likeness (QED) is 0.765. The second kappa shape index (κ2) is 6.09. The lowest BCUT2D eigenvalue weighted by molar-refractivity contribution is 0.111. The first-order valence-electron chi connectivity index (χ1n) is 5.72. The van der Waals surface area contributed by atoms with E-state index < -0.39 is 0 Å². The summed E-state index contributed by atoms with van der Waals surface area (Å²) in [6.07, 6.45) is 0.784. The number of halogens is 2. The van der Waals surface area contributed by atoms with Crippen LogP contribution >= 0.6 is 23.2 Å². The van der Waals surface area contributed by atoms with E-state index in [1.165, 1.54) is 0 Å². The monoisotopic (exact) mass is 294 g/mol. The van der Waals surface area contributed by atoms with Crippen molar-refractivity contribution in [1.82, 2.24) is 0 Å². The van der Waals surface area contributed by atoms with Crippen molar-refractivity contribution >= 4 is 29.5 Å². The number of hydrogen-bond acceptors (Lipinski definition) is 2. The predicted molar refractivity (Wildman–Crippen MR) is 77.4 cm³/mol. The van der Waals surface area contributed by atoms with Gasteiger partial charge in [-0.05, 0) is 31.2 Å². The molecular formula is C15H12Cl2O2. The van der Waals surface area contributed by atoms with E-state index >= 15 is 0 Å². The fraction of sp³-hybridized carbons (Fsp3) is 0.133. The maximum atomic E-state index is 11.0. The Bertz CT molecular complexity index is 609. The predicted octanol–water partition coefficient (Wildman–Crippen LogP) is 4.69. The Morgan fingerprint density at radius 3 is 2.63 bits per heavy atom.